The Bertz CT molecular complexity index is 1060. The number of carbonyl (C=O) groups is 1. The Morgan fingerprint density at radius 1 is 1.21 bits per heavy atom. The van der Waals surface area contributed by atoms with Gasteiger partial charge in [0.2, 0.25) is 5.91 Å². The molecule has 1 aromatic heterocycles. The van der Waals surface area contributed by atoms with E-state index in [1.807, 2.05) is 56.3 Å². The van der Waals surface area contributed by atoms with Gasteiger partial charge >= 0.3 is 0 Å². The van der Waals surface area contributed by atoms with Crippen molar-refractivity contribution in [2.45, 2.75) is 26.4 Å². The van der Waals surface area contributed by atoms with Crippen molar-refractivity contribution in [1.82, 2.24) is 20.1 Å². The number of aromatic amines is 1. The van der Waals surface area contributed by atoms with Crippen LogP contribution in [0.5, 0.6) is 11.5 Å². The molecular weight excluding hydrogens is 388 g/mol. The van der Waals surface area contributed by atoms with Crippen LogP contribution in [0.25, 0.3) is 11.4 Å². The third-order valence-corrected chi connectivity index (χ3v) is 4.95. The number of methoxy groups -OCH3 is 2. The smallest absolute Gasteiger partial charge is 0.240 e. The van der Waals surface area contributed by atoms with Crippen LogP contribution in [0.3, 0.4) is 0 Å². The molecule has 0 saturated carbocycles. The average molecular weight is 413 g/mol. The number of aromatic nitrogens is 3. The SMILES string of the molecule is COc1ccc(-c2n[nH]c(=S)n2CC(=O)NC(C)c2cc(C)ccc2OC)cc1. The number of carbonyl (C=O) groups excluding carboxylic acids is 1. The molecule has 0 aliphatic rings. The number of H-pyrrole nitrogens is 1. The Labute approximate surface area is 174 Å². The van der Waals surface area contributed by atoms with Gasteiger partial charge in [-0.2, -0.15) is 5.10 Å². The fourth-order valence-corrected chi connectivity index (χ4v) is 3.32. The fraction of sp³-hybridized carbons (Fsp3) is 0.286. The third-order valence-electron chi connectivity index (χ3n) is 4.64. The number of hydrogen-bond donors (Lipinski definition) is 2. The highest BCUT2D eigenvalue weighted by atomic mass is 32.1. The minimum absolute atomic E-state index is 0.0508. The Hall–Kier alpha value is -3.13. The van der Waals surface area contributed by atoms with Crippen molar-refractivity contribution >= 4 is 18.1 Å². The lowest BCUT2D eigenvalue weighted by Gasteiger charge is -2.18. The summed E-state index contributed by atoms with van der Waals surface area (Å²) in [4.78, 5) is 12.7. The number of aryl methyl sites for hydroxylation is 1. The molecule has 0 aliphatic heterocycles. The van der Waals surface area contributed by atoms with Crippen LogP contribution in [0, 0.1) is 11.7 Å². The number of benzene rings is 2. The maximum Gasteiger partial charge on any atom is 0.240 e. The first-order valence-corrected chi connectivity index (χ1v) is 9.57. The van der Waals surface area contributed by atoms with Gasteiger partial charge in [-0.1, -0.05) is 17.7 Å². The highest BCUT2D eigenvalue weighted by Crippen LogP contribution is 2.26. The van der Waals surface area contributed by atoms with Gasteiger partial charge in [-0.15, -0.1) is 0 Å². The molecule has 3 aromatic rings. The Kier molecular flexibility index (Phi) is 6.33. The van der Waals surface area contributed by atoms with E-state index in [1.54, 1.807) is 18.8 Å². The van der Waals surface area contributed by atoms with Crippen LogP contribution in [0.4, 0.5) is 0 Å². The molecule has 0 radical (unpaired) electrons. The second kappa shape index (κ2) is 8.91. The fourth-order valence-electron chi connectivity index (χ4n) is 3.13. The number of nitrogens with zero attached hydrogens (tertiary/aromatic N) is 2. The van der Waals surface area contributed by atoms with E-state index in [-0.39, 0.29) is 18.5 Å². The molecule has 3 rings (SSSR count). The molecule has 0 saturated heterocycles. The van der Waals surface area contributed by atoms with E-state index >= 15 is 0 Å². The zero-order chi connectivity index (χ0) is 21.0. The van der Waals surface area contributed by atoms with Gasteiger partial charge in [-0.25, -0.2) is 0 Å². The molecule has 29 heavy (non-hydrogen) atoms. The average Bonchev–Trinajstić information content (AvgIpc) is 3.08. The molecule has 0 spiro atoms. The second-order valence-electron chi connectivity index (χ2n) is 6.70. The standard InChI is InChI=1S/C21H24N4O3S/c1-13-5-10-18(28-4)17(11-13)14(2)22-19(26)12-25-20(23-24-21(25)29)15-6-8-16(27-3)9-7-15/h5-11,14H,12H2,1-4H3,(H,22,26)(H,24,29). The monoisotopic (exact) mass is 412 g/mol. The van der Waals surface area contributed by atoms with Gasteiger partial charge < -0.3 is 14.8 Å². The molecule has 152 valence electrons. The summed E-state index contributed by atoms with van der Waals surface area (Å²) in [7, 11) is 3.23. The Balaban J connectivity index is 1.78. The summed E-state index contributed by atoms with van der Waals surface area (Å²) >= 11 is 5.32. The molecular formula is C21H24N4O3S. The van der Waals surface area contributed by atoms with Gasteiger partial charge in [0, 0.05) is 11.1 Å². The van der Waals surface area contributed by atoms with Gasteiger partial charge in [0.15, 0.2) is 10.6 Å². The molecule has 0 aliphatic carbocycles. The molecule has 0 bridgehead atoms. The number of ether oxygens (including phenoxy) is 2. The van der Waals surface area contributed by atoms with Crippen LogP contribution in [0.1, 0.15) is 24.1 Å². The highest BCUT2D eigenvalue weighted by Gasteiger charge is 2.17. The van der Waals surface area contributed by atoms with Gasteiger partial charge in [-0.3, -0.25) is 14.5 Å². The van der Waals surface area contributed by atoms with E-state index in [2.05, 4.69) is 15.5 Å². The quantitative estimate of drug-likeness (QED) is 0.577. The molecule has 8 heteroatoms. The maximum atomic E-state index is 12.7. The van der Waals surface area contributed by atoms with Crippen LogP contribution in [0.15, 0.2) is 42.5 Å². The Morgan fingerprint density at radius 2 is 1.93 bits per heavy atom. The van der Waals surface area contributed by atoms with Gasteiger partial charge in [0.05, 0.1) is 20.3 Å². The van der Waals surface area contributed by atoms with Gasteiger partial charge in [0.1, 0.15) is 18.0 Å². The minimum atomic E-state index is -0.220. The predicted octanol–water partition coefficient (Wildman–Crippen LogP) is 3.81. The number of nitrogens with one attached hydrogen (secondary N) is 2. The summed E-state index contributed by atoms with van der Waals surface area (Å²) in [6.45, 7) is 3.98. The summed E-state index contributed by atoms with van der Waals surface area (Å²) in [6, 6.07) is 13.1. The van der Waals surface area contributed by atoms with Crippen molar-refractivity contribution in [3.8, 4) is 22.9 Å². The van der Waals surface area contributed by atoms with Crippen molar-refractivity contribution in [3.63, 3.8) is 0 Å². The first-order chi connectivity index (χ1) is 13.9. The Morgan fingerprint density at radius 3 is 2.59 bits per heavy atom. The van der Waals surface area contributed by atoms with E-state index in [1.165, 1.54) is 0 Å². The molecule has 1 amide bonds. The lowest BCUT2D eigenvalue weighted by atomic mass is 10.0. The summed E-state index contributed by atoms with van der Waals surface area (Å²) in [5, 5.41) is 10.1. The van der Waals surface area contributed by atoms with Gasteiger partial charge in [-0.05, 0) is 56.4 Å². The molecule has 1 heterocycles. The molecule has 7 nitrogen and oxygen atoms in total. The summed E-state index contributed by atoms with van der Waals surface area (Å²) in [6.07, 6.45) is 0. The van der Waals surface area contributed by atoms with Crippen LogP contribution in [0.2, 0.25) is 0 Å². The van der Waals surface area contributed by atoms with E-state index < -0.39 is 0 Å². The zero-order valence-corrected chi connectivity index (χ0v) is 17.7. The van der Waals surface area contributed by atoms with Crippen LogP contribution in [-0.4, -0.2) is 34.9 Å². The first kappa shape index (κ1) is 20.6. The maximum absolute atomic E-state index is 12.7. The minimum Gasteiger partial charge on any atom is -0.497 e. The largest absolute Gasteiger partial charge is 0.497 e. The summed E-state index contributed by atoms with van der Waals surface area (Å²) < 4.78 is 12.7. The predicted molar refractivity (Wildman–Crippen MR) is 114 cm³/mol. The lowest BCUT2D eigenvalue weighted by Crippen LogP contribution is -2.30. The molecule has 2 N–H and O–H groups in total. The lowest BCUT2D eigenvalue weighted by molar-refractivity contribution is -0.122. The number of amides is 1. The molecule has 1 unspecified atom stereocenters. The van der Waals surface area contributed by atoms with Crippen molar-refractivity contribution in [3.05, 3.63) is 58.4 Å². The van der Waals surface area contributed by atoms with Crippen molar-refractivity contribution in [2.24, 2.45) is 0 Å². The van der Waals surface area contributed by atoms with E-state index in [0.717, 1.165) is 28.2 Å². The van der Waals surface area contributed by atoms with Crippen molar-refractivity contribution in [2.75, 3.05) is 14.2 Å². The van der Waals surface area contributed by atoms with Crippen LogP contribution in [-0.2, 0) is 11.3 Å². The summed E-state index contributed by atoms with van der Waals surface area (Å²) in [5.41, 5.74) is 2.85. The number of hydrogen-bond acceptors (Lipinski definition) is 5. The van der Waals surface area contributed by atoms with Crippen LogP contribution < -0.4 is 14.8 Å². The van der Waals surface area contributed by atoms with Crippen molar-refractivity contribution in [1.29, 1.82) is 0 Å². The molecule has 1 atom stereocenters. The van der Waals surface area contributed by atoms with E-state index in [0.29, 0.717) is 10.6 Å². The normalized spacial score (nSPS) is 11.7. The highest BCUT2D eigenvalue weighted by molar-refractivity contribution is 7.71. The second-order valence-corrected chi connectivity index (χ2v) is 7.09. The van der Waals surface area contributed by atoms with Crippen LogP contribution >= 0.6 is 12.2 Å². The zero-order valence-electron chi connectivity index (χ0n) is 16.9. The third kappa shape index (κ3) is 4.65. The van der Waals surface area contributed by atoms with Gasteiger partial charge in [0.25, 0.3) is 0 Å². The number of rotatable bonds is 7. The van der Waals surface area contributed by atoms with Crippen molar-refractivity contribution < 1.29 is 14.3 Å². The topological polar surface area (TPSA) is 81.2 Å². The first-order valence-electron chi connectivity index (χ1n) is 9.16. The molecule has 2 aromatic carbocycles. The molecule has 0 fully saturated rings. The van der Waals surface area contributed by atoms with E-state index in [9.17, 15) is 4.79 Å². The summed E-state index contributed by atoms with van der Waals surface area (Å²) in [5.74, 6) is 1.90. The van der Waals surface area contributed by atoms with E-state index in [4.69, 9.17) is 21.7 Å².